The van der Waals surface area contributed by atoms with E-state index in [2.05, 4.69) is 22.5 Å². The number of allylic oxidation sites excluding steroid dienone is 2. The van der Waals surface area contributed by atoms with Gasteiger partial charge in [0.25, 0.3) is 5.91 Å². The van der Waals surface area contributed by atoms with Crippen LogP contribution >= 0.6 is 23.2 Å². The zero-order valence-electron chi connectivity index (χ0n) is 22.3. The van der Waals surface area contributed by atoms with E-state index in [9.17, 15) is 14.4 Å². The zero-order valence-corrected chi connectivity index (χ0v) is 23.8. The summed E-state index contributed by atoms with van der Waals surface area (Å²) < 4.78 is 5.34. The highest BCUT2D eigenvalue weighted by Gasteiger charge is 2.47. The quantitative estimate of drug-likeness (QED) is 0.213. The summed E-state index contributed by atoms with van der Waals surface area (Å²) in [7, 11) is 0. The number of halogens is 2. The molecule has 0 aliphatic heterocycles. The van der Waals surface area contributed by atoms with Crippen LogP contribution in [0.15, 0.2) is 47.9 Å². The van der Waals surface area contributed by atoms with Crippen molar-refractivity contribution in [1.82, 2.24) is 10.3 Å². The van der Waals surface area contributed by atoms with Gasteiger partial charge in [-0.2, -0.15) is 0 Å². The largest absolute Gasteiger partial charge is 0.464 e. The molecule has 9 heteroatoms. The molecule has 204 valence electrons. The van der Waals surface area contributed by atoms with Crippen molar-refractivity contribution in [2.75, 3.05) is 11.9 Å². The Balaban J connectivity index is 1.74. The smallest absolute Gasteiger partial charge is 0.328 e. The van der Waals surface area contributed by atoms with Crippen LogP contribution in [0.2, 0.25) is 10.0 Å². The van der Waals surface area contributed by atoms with Crippen LogP contribution < -0.4 is 10.6 Å². The van der Waals surface area contributed by atoms with Crippen LogP contribution in [-0.4, -0.2) is 35.3 Å². The molecule has 0 bridgehead atoms. The molecule has 0 unspecified atom stereocenters. The number of nitrogens with zero attached hydrogens (tertiary/aromatic N) is 1. The standard InChI is InChI=1S/C29H35Cl2N3O4/c1-5-7-8-9-10-20-25(29(3,4)26(20)35)34-23(28(37)38-6-2)15-18-11-13-19(14-12-18)33-27(36)24-21(30)16-32-17-22(24)31/h11-14,16-17,23,34H,5-10,15H2,1-4H3,(H,33,36)/t23-/m0/s1. The van der Waals surface area contributed by atoms with Gasteiger partial charge in [0.15, 0.2) is 5.78 Å². The monoisotopic (exact) mass is 559 g/mol. The van der Waals surface area contributed by atoms with E-state index in [4.69, 9.17) is 27.9 Å². The SMILES string of the molecule is CCCCCCC1=C(N[C@@H](Cc2ccc(NC(=O)c3c(Cl)cncc3Cl)cc2)C(=O)OCC)C(C)(C)C1=O. The molecule has 1 amide bonds. The lowest BCUT2D eigenvalue weighted by Crippen LogP contribution is -2.51. The number of anilines is 1. The minimum Gasteiger partial charge on any atom is -0.464 e. The topological polar surface area (TPSA) is 97.4 Å². The third-order valence-electron chi connectivity index (χ3n) is 6.67. The number of esters is 1. The minimum absolute atomic E-state index is 0.133. The third-order valence-corrected chi connectivity index (χ3v) is 7.24. The second-order valence-corrected chi connectivity index (χ2v) is 10.7. The van der Waals surface area contributed by atoms with Gasteiger partial charge in [0.05, 0.1) is 27.6 Å². The van der Waals surface area contributed by atoms with Gasteiger partial charge in [-0.25, -0.2) is 4.79 Å². The summed E-state index contributed by atoms with van der Waals surface area (Å²) in [6, 6.07) is 6.49. The van der Waals surface area contributed by atoms with Crippen molar-refractivity contribution in [3.63, 3.8) is 0 Å². The fraction of sp³-hybridized carbons (Fsp3) is 0.448. The number of carbonyl (C=O) groups excluding carboxylic acids is 3. The average Bonchev–Trinajstić information content (AvgIpc) is 2.88. The normalized spacial score (nSPS) is 15.1. The number of nitrogens with one attached hydrogen (secondary N) is 2. The molecule has 0 radical (unpaired) electrons. The summed E-state index contributed by atoms with van der Waals surface area (Å²) in [5, 5.41) is 6.45. The molecule has 0 fully saturated rings. The first kappa shape index (κ1) is 29.7. The lowest BCUT2D eigenvalue weighted by Gasteiger charge is -2.41. The Morgan fingerprint density at radius 3 is 2.29 bits per heavy atom. The molecule has 38 heavy (non-hydrogen) atoms. The molecule has 2 aromatic rings. The number of pyridine rings is 1. The fourth-order valence-electron chi connectivity index (χ4n) is 4.55. The van der Waals surface area contributed by atoms with Crippen molar-refractivity contribution in [3.05, 3.63) is 69.1 Å². The van der Waals surface area contributed by atoms with Crippen LogP contribution in [0.3, 0.4) is 0 Å². The van der Waals surface area contributed by atoms with Gasteiger partial charge in [-0.1, -0.05) is 61.5 Å². The van der Waals surface area contributed by atoms with Crippen molar-refractivity contribution < 1.29 is 19.1 Å². The minimum atomic E-state index is -0.658. The molecule has 1 atom stereocenters. The lowest BCUT2D eigenvalue weighted by molar-refractivity contribution is -0.145. The number of ether oxygens (including phenoxy) is 1. The van der Waals surface area contributed by atoms with E-state index in [0.717, 1.165) is 42.5 Å². The number of ketones is 1. The van der Waals surface area contributed by atoms with Crippen molar-refractivity contribution in [2.45, 2.75) is 72.3 Å². The molecule has 1 heterocycles. The summed E-state index contributed by atoms with van der Waals surface area (Å²) >= 11 is 12.2. The number of carbonyl (C=O) groups is 3. The van der Waals surface area contributed by atoms with Gasteiger partial charge in [0.2, 0.25) is 0 Å². The summed E-state index contributed by atoms with van der Waals surface area (Å²) in [5.41, 5.74) is 2.51. The Hall–Kier alpha value is -2.90. The molecule has 3 rings (SSSR count). The van der Waals surface area contributed by atoms with Crippen molar-refractivity contribution >= 4 is 46.5 Å². The molecule has 0 saturated heterocycles. The molecule has 1 aliphatic rings. The Morgan fingerprint density at radius 2 is 1.68 bits per heavy atom. The van der Waals surface area contributed by atoms with E-state index in [1.165, 1.54) is 12.4 Å². The summed E-state index contributed by atoms with van der Waals surface area (Å²) in [5.74, 6) is -0.690. The van der Waals surface area contributed by atoms with Crippen LogP contribution in [-0.2, 0) is 20.7 Å². The molecule has 7 nitrogen and oxygen atoms in total. The Bertz CT molecular complexity index is 1190. The van der Waals surface area contributed by atoms with Gasteiger partial charge < -0.3 is 15.4 Å². The Morgan fingerprint density at radius 1 is 1.03 bits per heavy atom. The molecule has 1 aliphatic carbocycles. The number of unbranched alkanes of at least 4 members (excludes halogenated alkanes) is 3. The summed E-state index contributed by atoms with van der Waals surface area (Å²) in [6.07, 6.45) is 8.06. The second-order valence-electron chi connectivity index (χ2n) is 9.90. The van der Waals surface area contributed by atoms with Crippen LogP contribution in [0.1, 0.15) is 75.7 Å². The van der Waals surface area contributed by atoms with E-state index in [1.54, 1.807) is 19.1 Å². The first-order chi connectivity index (χ1) is 18.1. The van der Waals surface area contributed by atoms with E-state index in [1.807, 2.05) is 26.0 Å². The maximum Gasteiger partial charge on any atom is 0.328 e. The maximum absolute atomic E-state index is 12.9. The lowest BCUT2D eigenvalue weighted by atomic mass is 9.67. The Labute approximate surface area is 234 Å². The van der Waals surface area contributed by atoms with E-state index in [0.29, 0.717) is 18.5 Å². The van der Waals surface area contributed by atoms with Crippen LogP contribution in [0.25, 0.3) is 0 Å². The number of hydrogen-bond acceptors (Lipinski definition) is 6. The number of aromatic nitrogens is 1. The predicted molar refractivity (Wildman–Crippen MR) is 150 cm³/mol. The van der Waals surface area contributed by atoms with Crippen molar-refractivity contribution in [3.8, 4) is 0 Å². The third kappa shape index (κ3) is 6.94. The summed E-state index contributed by atoms with van der Waals surface area (Å²) in [4.78, 5) is 42.2. The molecule has 2 N–H and O–H groups in total. The van der Waals surface area contributed by atoms with Gasteiger partial charge in [-0.3, -0.25) is 14.6 Å². The predicted octanol–water partition coefficient (Wildman–Crippen LogP) is 6.54. The van der Waals surface area contributed by atoms with Gasteiger partial charge in [0.1, 0.15) is 6.04 Å². The highest BCUT2D eigenvalue weighted by molar-refractivity contribution is 6.40. The molecule has 0 spiro atoms. The van der Waals surface area contributed by atoms with Gasteiger partial charge in [-0.15, -0.1) is 0 Å². The number of hydrogen-bond donors (Lipinski definition) is 2. The Kier molecular flexibility index (Phi) is 10.3. The van der Waals surface area contributed by atoms with Gasteiger partial charge in [0, 0.05) is 35.8 Å². The summed E-state index contributed by atoms with van der Waals surface area (Å²) in [6.45, 7) is 7.94. The number of Topliss-reactive ketones (excluding diaryl/α,β-unsaturated/α-hetero) is 1. The van der Waals surface area contributed by atoms with Gasteiger partial charge in [-0.05, 0) is 51.3 Å². The van der Waals surface area contributed by atoms with Crippen LogP contribution in [0, 0.1) is 5.41 Å². The average molecular weight is 561 g/mol. The highest BCUT2D eigenvalue weighted by Crippen LogP contribution is 2.43. The second kappa shape index (κ2) is 13.3. The molecular weight excluding hydrogens is 525 g/mol. The molecule has 1 aromatic carbocycles. The fourth-order valence-corrected chi connectivity index (χ4v) is 5.08. The maximum atomic E-state index is 12.9. The number of benzene rings is 1. The van der Waals surface area contributed by atoms with Gasteiger partial charge >= 0.3 is 5.97 Å². The van der Waals surface area contributed by atoms with E-state index >= 15 is 0 Å². The highest BCUT2D eigenvalue weighted by atomic mass is 35.5. The molecule has 0 saturated carbocycles. The first-order valence-corrected chi connectivity index (χ1v) is 13.8. The number of amides is 1. The molecular formula is C29H35Cl2N3O4. The number of rotatable bonds is 13. The van der Waals surface area contributed by atoms with E-state index < -0.39 is 17.4 Å². The first-order valence-electron chi connectivity index (χ1n) is 13.0. The molecule has 1 aromatic heterocycles. The van der Waals surface area contributed by atoms with Crippen LogP contribution in [0.5, 0.6) is 0 Å². The van der Waals surface area contributed by atoms with Crippen molar-refractivity contribution in [1.29, 1.82) is 0 Å². The zero-order chi connectivity index (χ0) is 27.9. The van der Waals surface area contributed by atoms with Crippen molar-refractivity contribution in [2.24, 2.45) is 5.41 Å². The van der Waals surface area contributed by atoms with E-state index in [-0.39, 0.29) is 34.0 Å². The van der Waals surface area contributed by atoms with Crippen LogP contribution in [0.4, 0.5) is 5.69 Å².